The summed E-state index contributed by atoms with van der Waals surface area (Å²) in [5.41, 5.74) is 1.03. The summed E-state index contributed by atoms with van der Waals surface area (Å²) in [7, 11) is 0. The molecule has 0 bridgehead atoms. The Labute approximate surface area is 128 Å². The second kappa shape index (κ2) is 5.68. The van der Waals surface area contributed by atoms with Gasteiger partial charge >= 0.3 is 5.97 Å². The van der Waals surface area contributed by atoms with E-state index < -0.39 is 5.97 Å². The van der Waals surface area contributed by atoms with Crippen LogP contribution in [0.4, 0.5) is 0 Å². The second-order valence-electron chi connectivity index (χ2n) is 5.88. The van der Waals surface area contributed by atoms with Crippen molar-refractivity contribution < 1.29 is 14.7 Å². The Morgan fingerprint density at radius 2 is 2.00 bits per heavy atom. The van der Waals surface area contributed by atoms with Gasteiger partial charge in [-0.25, -0.2) is 0 Å². The average molecular weight is 308 g/mol. The van der Waals surface area contributed by atoms with Gasteiger partial charge in [-0.3, -0.25) is 9.59 Å². The Morgan fingerprint density at radius 1 is 1.29 bits per heavy atom. The molecule has 1 aromatic carbocycles. The number of carbonyl (C=O) groups is 2. The van der Waals surface area contributed by atoms with E-state index in [0.717, 1.165) is 24.8 Å². The summed E-state index contributed by atoms with van der Waals surface area (Å²) in [6, 6.07) is 7.89. The third kappa shape index (κ3) is 3.21. The van der Waals surface area contributed by atoms with Crippen LogP contribution in [-0.2, 0) is 9.59 Å². The van der Waals surface area contributed by atoms with Crippen LogP contribution >= 0.6 is 11.6 Å². The van der Waals surface area contributed by atoms with Crippen molar-refractivity contribution in [3.05, 3.63) is 34.9 Å². The van der Waals surface area contributed by atoms with Crippen LogP contribution in [0.3, 0.4) is 0 Å². The summed E-state index contributed by atoms with van der Waals surface area (Å²) >= 11 is 6.18. The third-order valence-electron chi connectivity index (χ3n) is 4.25. The standard InChI is InChI=1S/C16H18ClNO3/c17-14-4-2-1-3-11(14)12-9-13(12)16(21)18(10-5-6-10)8-7-15(19)20/h1-4,10,12-13H,5-9H2,(H,19,20)/t12-,13+/m1/s1. The van der Waals surface area contributed by atoms with Gasteiger partial charge in [0.25, 0.3) is 0 Å². The third-order valence-corrected chi connectivity index (χ3v) is 4.59. The first kappa shape index (κ1) is 14.4. The normalized spacial score (nSPS) is 23.7. The maximum atomic E-state index is 12.6. The molecule has 1 N–H and O–H groups in total. The van der Waals surface area contributed by atoms with Gasteiger partial charge in [0.05, 0.1) is 6.42 Å². The van der Waals surface area contributed by atoms with Gasteiger partial charge in [-0.15, -0.1) is 0 Å². The van der Waals surface area contributed by atoms with Crippen LogP contribution in [-0.4, -0.2) is 34.5 Å². The summed E-state index contributed by atoms with van der Waals surface area (Å²) in [4.78, 5) is 25.1. The Balaban J connectivity index is 1.65. The lowest BCUT2D eigenvalue weighted by molar-refractivity contribution is -0.139. The second-order valence-corrected chi connectivity index (χ2v) is 6.28. The molecule has 1 amide bonds. The van der Waals surface area contributed by atoms with Gasteiger partial charge in [-0.05, 0) is 36.8 Å². The van der Waals surface area contributed by atoms with Crippen molar-refractivity contribution in [1.82, 2.24) is 4.90 Å². The molecule has 2 aliphatic rings. The quantitative estimate of drug-likeness (QED) is 0.879. The highest BCUT2D eigenvalue weighted by Crippen LogP contribution is 2.51. The molecule has 0 aliphatic heterocycles. The summed E-state index contributed by atoms with van der Waals surface area (Å²) in [5, 5.41) is 9.52. The van der Waals surface area contributed by atoms with Crippen molar-refractivity contribution in [2.24, 2.45) is 5.92 Å². The van der Waals surface area contributed by atoms with Gasteiger partial charge in [-0.2, -0.15) is 0 Å². The highest BCUT2D eigenvalue weighted by atomic mass is 35.5. The van der Waals surface area contributed by atoms with Crippen molar-refractivity contribution in [3.63, 3.8) is 0 Å². The van der Waals surface area contributed by atoms with E-state index in [4.69, 9.17) is 16.7 Å². The number of rotatable bonds is 6. The fourth-order valence-corrected chi connectivity index (χ4v) is 3.15. The van der Waals surface area contributed by atoms with Gasteiger partial charge in [0.1, 0.15) is 0 Å². The van der Waals surface area contributed by atoms with E-state index in [2.05, 4.69) is 0 Å². The van der Waals surface area contributed by atoms with Crippen LogP contribution in [0.15, 0.2) is 24.3 Å². The van der Waals surface area contributed by atoms with Crippen LogP contribution in [0.1, 0.15) is 37.2 Å². The van der Waals surface area contributed by atoms with E-state index in [0.29, 0.717) is 11.6 Å². The molecule has 1 aromatic rings. The van der Waals surface area contributed by atoms with E-state index >= 15 is 0 Å². The van der Waals surface area contributed by atoms with Crippen LogP contribution in [0.5, 0.6) is 0 Å². The first-order valence-corrected chi connectivity index (χ1v) is 7.72. The number of carboxylic acids is 1. The highest BCUT2D eigenvalue weighted by Gasteiger charge is 2.48. The van der Waals surface area contributed by atoms with Crippen LogP contribution in [0.2, 0.25) is 5.02 Å². The van der Waals surface area contributed by atoms with Crippen molar-refractivity contribution in [1.29, 1.82) is 0 Å². The monoisotopic (exact) mass is 307 g/mol. The van der Waals surface area contributed by atoms with Crippen molar-refractivity contribution >= 4 is 23.5 Å². The number of benzene rings is 1. The Kier molecular flexibility index (Phi) is 3.89. The first-order chi connectivity index (χ1) is 10.1. The van der Waals surface area contributed by atoms with Gasteiger partial charge in [0.2, 0.25) is 5.91 Å². The lowest BCUT2D eigenvalue weighted by atomic mass is 10.1. The molecule has 2 atom stereocenters. The number of nitrogens with zero attached hydrogens (tertiary/aromatic N) is 1. The van der Waals surface area contributed by atoms with E-state index in [1.807, 2.05) is 24.3 Å². The molecular weight excluding hydrogens is 290 g/mol. The lowest BCUT2D eigenvalue weighted by Gasteiger charge is -2.22. The van der Waals surface area contributed by atoms with Gasteiger partial charge < -0.3 is 10.0 Å². The van der Waals surface area contributed by atoms with Crippen molar-refractivity contribution in [2.75, 3.05) is 6.54 Å². The number of halogens is 1. The maximum Gasteiger partial charge on any atom is 0.305 e. The zero-order valence-electron chi connectivity index (χ0n) is 11.7. The predicted octanol–water partition coefficient (Wildman–Crippen LogP) is 2.91. The Bertz CT molecular complexity index is 570. The summed E-state index contributed by atoms with van der Waals surface area (Å²) in [5.74, 6) is -0.591. The fraction of sp³-hybridized carbons (Fsp3) is 0.500. The molecule has 0 unspecified atom stereocenters. The minimum absolute atomic E-state index is 0.0196. The molecule has 0 saturated heterocycles. The molecule has 0 radical (unpaired) electrons. The molecule has 112 valence electrons. The lowest BCUT2D eigenvalue weighted by Crippen LogP contribution is -2.36. The Morgan fingerprint density at radius 3 is 2.62 bits per heavy atom. The van der Waals surface area contributed by atoms with Gasteiger partial charge in [-0.1, -0.05) is 29.8 Å². The maximum absolute atomic E-state index is 12.6. The van der Waals surface area contributed by atoms with E-state index in [1.54, 1.807) is 4.90 Å². The molecule has 4 nitrogen and oxygen atoms in total. The summed E-state index contributed by atoms with van der Waals surface area (Å²) in [6.45, 7) is 0.324. The molecule has 3 rings (SSSR count). The van der Waals surface area contributed by atoms with Crippen molar-refractivity contribution in [3.8, 4) is 0 Å². The van der Waals surface area contributed by atoms with E-state index in [9.17, 15) is 9.59 Å². The number of hydrogen-bond donors (Lipinski definition) is 1. The first-order valence-electron chi connectivity index (χ1n) is 7.34. The zero-order chi connectivity index (χ0) is 15.0. The zero-order valence-corrected chi connectivity index (χ0v) is 12.4. The average Bonchev–Trinajstić information content (AvgIpc) is 3.32. The minimum Gasteiger partial charge on any atom is -0.481 e. The Hall–Kier alpha value is -1.55. The smallest absolute Gasteiger partial charge is 0.305 e. The molecular formula is C16H18ClNO3. The number of amides is 1. The van der Waals surface area contributed by atoms with Crippen molar-refractivity contribution in [2.45, 2.75) is 37.6 Å². The summed E-state index contributed by atoms with van der Waals surface area (Å²) in [6.07, 6.45) is 2.83. The molecule has 2 aliphatic carbocycles. The van der Waals surface area contributed by atoms with Crippen LogP contribution < -0.4 is 0 Å². The summed E-state index contributed by atoms with van der Waals surface area (Å²) < 4.78 is 0. The van der Waals surface area contributed by atoms with Crippen LogP contribution in [0.25, 0.3) is 0 Å². The minimum atomic E-state index is -0.855. The van der Waals surface area contributed by atoms with E-state index in [1.165, 1.54) is 0 Å². The highest BCUT2D eigenvalue weighted by molar-refractivity contribution is 6.31. The molecule has 2 saturated carbocycles. The predicted molar refractivity (Wildman–Crippen MR) is 79.3 cm³/mol. The molecule has 0 heterocycles. The fourth-order valence-electron chi connectivity index (χ4n) is 2.88. The molecule has 0 spiro atoms. The van der Waals surface area contributed by atoms with E-state index in [-0.39, 0.29) is 30.2 Å². The number of carboxylic acid groups (broad SMARTS) is 1. The molecule has 21 heavy (non-hydrogen) atoms. The van der Waals surface area contributed by atoms with Gasteiger partial charge in [0.15, 0.2) is 0 Å². The molecule has 5 heteroatoms. The van der Waals surface area contributed by atoms with Gasteiger partial charge in [0, 0.05) is 23.5 Å². The SMILES string of the molecule is O=C(O)CCN(C(=O)[C@H]1C[C@@H]1c1ccccc1Cl)C1CC1. The number of hydrogen-bond acceptors (Lipinski definition) is 2. The number of aliphatic carboxylic acids is 1. The molecule has 0 aromatic heterocycles. The molecule has 2 fully saturated rings. The topological polar surface area (TPSA) is 57.6 Å². The largest absolute Gasteiger partial charge is 0.481 e. The van der Waals surface area contributed by atoms with Crippen LogP contribution in [0, 0.1) is 5.92 Å². The number of carbonyl (C=O) groups excluding carboxylic acids is 1.